The standard InChI is InChI=1S/C15H18FN5OS/c16-13-2-1-11(8-18-20-15-19-14(17)10-23-15)12(7-13)9-21-3-5-22-6-4-21/h1-2,7-8,10H,3-6,9,17H2,(H,19,20). The second kappa shape index (κ2) is 7.49. The second-order valence-corrected chi connectivity index (χ2v) is 6.04. The predicted octanol–water partition coefficient (Wildman–Crippen LogP) is 2.14. The SMILES string of the molecule is Nc1csc(NN=Cc2ccc(F)cc2CN2CCOCC2)n1. The first kappa shape index (κ1) is 15.9. The van der Waals surface area contributed by atoms with Gasteiger partial charge in [-0.05, 0) is 23.3 Å². The molecule has 0 radical (unpaired) electrons. The maximum Gasteiger partial charge on any atom is 0.205 e. The van der Waals surface area contributed by atoms with Gasteiger partial charge in [-0.15, -0.1) is 11.3 Å². The van der Waals surface area contributed by atoms with Crippen molar-refractivity contribution in [2.45, 2.75) is 6.54 Å². The van der Waals surface area contributed by atoms with E-state index in [1.807, 2.05) is 0 Å². The zero-order valence-corrected chi connectivity index (χ0v) is 13.4. The number of ether oxygens (including phenoxy) is 1. The van der Waals surface area contributed by atoms with Crippen molar-refractivity contribution in [1.29, 1.82) is 0 Å². The minimum atomic E-state index is -0.244. The van der Waals surface area contributed by atoms with Crippen LogP contribution in [0.3, 0.4) is 0 Å². The van der Waals surface area contributed by atoms with Gasteiger partial charge >= 0.3 is 0 Å². The molecule has 8 heteroatoms. The number of nitrogens with one attached hydrogen (secondary N) is 1. The molecule has 0 bridgehead atoms. The first-order valence-corrected chi connectivity index (χ1v) is 8.17. The van der Waals surface area contributed by atoms with E-state index in [0.717, 1.165) is 24.2 Å². The Bertz CT molecular complexity index is 684. The van der Waals surface area contributed by atoms with E-state index in [1.54, 1.807) is 23.7 Å². The van der Waals surface area contributed by atoms with Gasteiger partial charge in [0, 0.05) is 25.0 Å². The third-order valence-corrected chi connectivity index (χ3v) is 4.25. The summed E-state index contributed by atoms with van der Waals surface area (Å²) in [6.07, 6.45) is 1.67. The van der Waals surface area contributed by atoms with Crippen LogP contribution in [0, 0.1) is 5.82 Å². The number of nitrogens with two attached hydrogens (primary N) is 1. The van der Waals surface area contributed by atoms with Crippen LogP contribution in [0.25, 0.3) is 0 Å². The molecule has 0 atom stereocenters. The lowest BCUT2D eigenvalue weighted by Gasteiger charge is -2.27. The van der Waals surface area contributed by atoms with E-state index in [1.165, 1.54) is 17.4 Å². The van der Waals surface area contributed by atoms with Crippen molar-refractivity contribution in [3.63, 3.8) is 0 Å². The van der Waals surface area contributed by atoms with E-state index in [2.05, 4.69) is 20.4 Å². The van der Waals surface area contributed by atoms with Crippen LogP contribution >= 0.6 is 11.3 Å². The Morgan fingerprint density at radius 1 is 1.43 bits per heavy atom. The van der Waals surface area contributed by atoms with Gasteiger partial charge in [-0.3, -0.25) is 10.3 Å². The number of hydrogen-bond donors (Lipinski definition) is 2. The van der Waals surface area contributed by atoms with Gasteiger partial charge in [-0.25, -0.2) is 9.37 Å². The fraction of sp³-hybridized carbons (Fsp3) is 0.333. The maximum absolute atomic E-state index is 13.6. The number of hydrogen-bond acceptors (Lipinski definition) is 7. The number of thiazole rings is 1. The van der Waals surface area contributed by atoms with Crippen LogP contribution in [0.1, 0.15) is 11.1 Å². The molecule has 2 heterocycles. The van der Waals surface area contributed by atoms with Gasteiger partial charge in [0.1, 0.15) is 11.6 Å². The highest BCUT2D eigenvalue weighted by atomic mass is 32.1. The summed E-state index contributed by atoms with van der Waals surface area (Å²) in [5.41, 5.74) is 10.2. The number of anilines is 2. The minimum Gasteiger partial charge on any atom is -0.383 e. The summed E-state index contributed by atoms with van der Waals surface area (Å²) in [4.78, 5) is 6.30. The molecule has 1 aliphatic rings. The number of benzene rings is 1. The molecular formula is C15H18FN5OS. The average molecular weight is 335 g/mol. The van der Waals surface area contributed by atoms with Crippen molar-refractivity contribution in [2.24, 2.45) is 5.10 Å². The van der Waals surface area contributed by atoms with Crippen molar-refractivity contribution >= 4 is 28.5 Å². The van der Waals surface area contributed by atoms with Gasteiger partial charge < -0.3 is 10.5 Å². The Balaban J connectivity index is 1.70. The lowest BCUT2D eigenvalue weighted by molar-refractivity contribution is 0.0341. The van der Waals surface area contributed by atoms with Crippen LogP contribution in [-0.2, 0) is 11.3 Å². The summed E-state index contributed by atoms with van der Waals surface area (Å²) in [6.45, 7) is 3.80. The van der Waals surface area contributed by atoms with Gasteiger partial charge in [0.25, 0.3) is 0 Å². The van der Waals surface area contributed by atoms with Crippen LogP contribution in [0.2, 0.25) is 0 Å². The molecule has 6 nitrogen and oxygen atoms in total. The molecular weight excluding hydrogens is 317 g/mol. The van der Waals surface area contributed by atoms with Crippen molar-refractivity contribution in [1.82, 2.24) is 9.88 Å². The monoisotopic (exact) mass is 335 g/mol. The highest BCUT2D eigenvalue weighted by Crippen LogP contribution is 2.17. The average Bonchev–Trinajstić information content (AvgIpc) is 2.96. The number of nitrogens with zero attached hydrogens (tertiary/aromatic N) is 3. The number of morpholine rings is 1. The molecule has 1 aliphatic heterocycles. The number of halogens is 1. The van der Waals surface area contributed by atoms with Gasteiger partial charge in [-0.2, -0.15) is 5.10 Å². The van der Waals surface area contributed by atoms with Crippen LogP contribution in [0.4, 0.5) is 15.3 Å². The lowest BCUT2D eigenvalue weighted by atomic mass is 10.1. The molecule has 0 amide bonds. The van der Waals surface area contributed by atoms with E-state index >= 15 is 0 Å². The van der Waals surface area contributed by atoms with Gasteiger partial charge in [0.2, 0.25) is 5.13 Å². The molecule has 1 aromatic heterocycles. The molecule has 1 aromatic carbocycles. The zero-order chi connectivity index (χ0) is 16.1. The molecule has 3 rings (SSSR count). The topological polar surface area (TPSA) is 75.8 Å². The van der Waals surface area contributed by atoms with Gasteiger partial charge in [-0.1, -0.05) is 6.07 Å². The quantitative estimate of drug-likeness (QED) is 0.647. The van der Waals surface area contributed by atoms with Crippen LogP contribution in [-0.4, -0.2) is 42.4 Å². The van der Waals surface area contributed by atoms with Crippen LogP contribution < -0.4 is 11.2 Å². The van der Waals surface area contributed by atoms with Crippen molar-refractivity contribution in [3.8, 4) is 0 Å². The van der Waals surface area contributed by atoms with E-state index in [-0.39, 0.29) is 5.82 Å². The fourth-order valence-corrected chi connectivity index (χ4v) is 2.88. The fourth-order valence-electron chi connectivity index (χ4n) is 2.33. The maximum atomic E-state index is 13.6. The van der Waals surface area contributed by atoms with Crippen molar-refractivity contribution in [2.75, 3.05) is 37.5 Å². The second-order valence-electron chi connectivity index (χ2n) is 5.18. The molecule has 1 saturated heterocycles. The highest BCUT2D eigenvalue weighted by Gasteiger charge is 2.13. The normalized spacial score (nSPS) is 16.0. The Kier molecular flexibility index (Phi) is 5.16. The number of nitrogen functional groups attached to an aromatic ring is 1. The molecule has 3 N–H and O–H groups in total. The molecule has 0 saturated carbocycles. The van der Waals surface area contributed by atoms with Crippen LogP contribution in [0.15, 0.2) is 28.7 Å². The summed E-state index contributed by atoms with van der Waals surface area (Å²) in [5.74, 6) is 0.216. The minimum absolute atomic E-state index is 0.244. The zero-order valence-electron chi connectivity index (χ0n) is 12.5. The number of aromatic nitrogens is 1. The summed E-state index contributed by atoms with van der Waals surface area (Å²) in [6, 6.07) is 4.72. The molecule has 0 aliphatic carbocycles. The Morgan fingerprint density at radius 2 is 2.26 bits per heavy atom. The van der Waals surface area contributed by atoms with Gasteiger partial charge in [0.05, 0.1) is 19.4 Å². The molecule has 122 valence electrons. The number of rotatable bonds is 5. The largest absolute Gasteiger partial charge is 0.383 e. The molecule has 1 fully saturated rings. The molecule has 2 aromatic rings. The van der Waals surface area contributed by atoms with E-state index < -0.39 is 0 Å². The Morgan fingerprint density at radius 3 is 3.00 bits per heavy atom. The van der Waals surface area contributed by atoms with Crippen molar-refractivity contribution in [3.05, 3.63) is 40.5 Å². The summed E-state index contributed by atoms with van der Waals surface area (Å²) in [7, 11) is 0. The molecule has 0 spiro atoms. The first-order valence-electron chi connectivity index (χ1n) is 7.29. The third-order valence-electron chi connectivity index (χ3n) is 3.49. The van der Waals surface area contributed by atoms with Crippen molar-refractivity contribution < 1.29 is 9.13 Å². The van der Waals surface area contributed by atoms with E-state index in [4.69, 9.17) is 10.5 Å². The first-order chi connectivity index (χ1) is 11.2. The van der Waals surface area contributed by atoms with Gasteiger partial charge in [0.15, 0.2) is 0 Å². The third kappa shape index (κ3) is 4.47. The predicted molar refractivity (Wildman–Crippen MR) is 90.2 cm³/mol. The van der Waals surface area contributed by atoms with E-state index in [0.29, 0.717) is 30.7 Å². The summed E-state index contributed by atoms with van der Waals surface area (Å²) >= 11 is 1.38. The van der Waals surface area contributed by atoms with E-state index in [9.17, 15) is 4.39 Å². The Hall–Kier alpha value is -2.03. The Labute approximate surface area is 137 Å². The molecule has 0 unspecified atom stereocenters. The van der Waals surface area contributed by atoms with Crippen LogP contribution in [0.5, 0.6) is 0 Å². The summed E-state index contributed by atoms with van der Waals surface area (Å²) in [5, 5.41) is 6.52. The summed E-state index contributed by atoms with van der Waals surface area (Å²) < 4.78 is 18.9. The lowest BCUT2D eigenvalue weighted by Crippen LogP contribution is -2.35. The molecule has 23 heavy (non-hydrogen) atoms. The number of hydrazone groups is 1. The smallest absolute Gasteiger partial charge is 0.205 e. The highest BCUT2D eigenvalue weighted by molar-refractivity contribution is 7.14.